The van der Waals surface area contributed by atoms with Gasteiger partial charge in [-0.3, -0.25) is 4.79 Å². The van der Waals surface area contributed by atoms with Gasteiger partial charge in [0.1, 0.15) is 0 Å². The Hall–Kier alpha value is -0.640. The summed E-state index contributed by atoms with van der Waals surface area (Å²) < 4.78 is 0.798. The Morgan fingerprint density at radius 3 is 2.62 bits per heavy atom. The molecule has 0 aliphatic carbocycles. The molecule has 0 N–H and O–H groups in total. The zero-order valence-corrected chi connectivity index (χ0v) is 11.6. The van der Waals surface area contributed by atoms with Crippen molar-refractivity contribution >= 4 is 44.7 Å². The van der Waals surface area contributed by atoms with Crippen molar-refractivity contribution in [1.29, 1.82) is 0 Å². The number of thiophene rings is 1. The summed E-state index contributed by atoms with van der Waals surface area (Å²) in [6.45, 7) is 1.98. The monoisotopic (exact) mass is 314 g/mol. The summed E-state index contributed by atoms with van der Waals surface area (Å²) >= 11 is 10.8. The molecule has 0 aliphatic rings. The number of hydrogen-bond acceptors (Lipinski definition) is 2. The van der Waals surface area contributed by atoms with Crippen LogP contribution in [-0.2, 0) is 0 Å². The lowest BCUT2D eigenvalue weighted by Crippen LogP contribution is -1.99. The van der Waals surface area contributed by atoms with Crippen LogP contribution in [0, 0.1) is 6.92 Å². The molecule has 0 atom stereocenters. The molecule has 0 aliphatic heterocycles. The number of carbonyl (C=O) groups is 1. The Labute approximate surface area is 111 Å². The van der Waals surface area contributed by atoms with E-state index < -0.39 is 0 Å². The van der Waals surface area contributed by atoms with Crippen molar-refractivity contribution in [2.45, 2.75) is 6.92 Å². The first-order chi connectivity index (χ1) is 7.58. The van der Waals surface area contributed by atoms with Crippen molar-refractivity contribution in [3.05, 3.63) is 55.1 Å². The average Bonchev–Trinajstić information content (AvgIpc) is 2.68. The summed E-state index contributed by atoms with van der Waals surface area (Å²) in [6.07, 6.45) is 0. The minimum Gasteiger partial charge on any atom is -0.289 e. The Balaban J connectivity index is 2.38. The van der Waals surface area contributed by atoms with Crippen molar-refractivity contribution in [1.82, 2.24) is 0 Å². The SMILES string of the molecule is Cc1cc(C(=O)c2ccc(Br)c(Cl)c2)cs1. The third-order valence-electron chi connectivity index (χ3n) is 2.17. The largest absolute Gasteiger partial charge is 0.289 e. The van der Waals surface area contributed by atoms with Gasteiger partial charge in [0.2, 0.25) is 0 Å². The van der Waals surface area contributed by atoms with Crippen LogP contribution in [0.25, 0.3) is 0 Å². The molecule has 16 heavy (non-hydrogen) atoms. The molecule has 0 unspecified atom stereocenters. The molecule has 0 fully saturated rings. The standard InChI is InChI=1S/C12H8BrClOS/c1-7-4-9(6-16-7)12(15)8-2-3-10(13)11(14)5-8/h2-6H,1H3. The van der Waals surface area contributed by atoms with Crippen molar-refractivity contribution in [3.63, 3.8) is 0 Å². The van der Waals surface area contributed by atoms with Gasteiger partial charge < -0.3 is 0 Å². The topological polar surface area (TPSA) is 17.1 Å². The molecular formula is C12H8BrClOS. The number of halogens is 2. The van der Waals surface area contributed by atoms with Crippen molar-refractivity contribution < 1.29 is 4.79 Å². The fourth-order valence-corrected chi connectivity index (χ4v) is 2.48. The Morgan fingerprint density at radius 1 is 1.31 bits per heavy atom. The number of rotatable bonds is 2. The third-order valence-corrected chi connectivity index (χ3v) is 4.27. The predicted molar refractivity (Wildman–Crippen MR) is 71.6 cm³/mol. The van der Waals surface area contributed by atoms with Gasteiger partial charge in [-0.25, -0.2) is 0 Å². The van der Waals surface area contributed by atoms with Gasteiger partial charge in [-0.2, -0.15) is 0 Å². The maximum Gasteiger partial charge on any atom is 0.193 e. The van der Waals surface area contributed by atoms with Gasteiger partial charge in [0.05, 0.1) is 5.02 Å². The molecule has 0 saturated heterocycles. The summed E-state index contributed by atoms with van der Waals surface area (Å²) in [6, 6.07) is 7.13. The van der Waals surface area contributed by atoms with Crippen LogP contribution in [-0.4, -0.2) is 5.78 Å². The highest BCUT2D eigenvalue weighted by Gasteiger charge is 2.11. The highest BCUT2D eigenvalue weighted by Crippen LogP contribution is 2.25. The molecule has 0 radical (unpaired) electrons. The lowest BCUT2D eigenvalue weighted by molar-refractivity contribution is 0.103. The highest BCUT2D eigenvalue weighted by molar-refractivity contribution is 9.10. The van der Waals surface area contributed by atoms with Crippen molar-refractivity contribution in [3.8, 4) is 0 Å². The first-order valence-corrected chi connectivity index (χ1v) is 6.68. The molecule has 2 aromatic rings. The number of ketones is 1. The zero-order chi connectivity index (χ0) is 11.7. The molecule has 1 aromatic heterocycles. The van der Waals surface area contributed by atoms with Crippen LogP contribution in [0.1, 0.15) is 20.8 Å². The lowest BCUT2D eigenvalue weighted by atomic mass is 10.1. The smallest absolute Gasteiger partial charge is 0.193 e. The Kier molecular flexibility index (Phi) is 3.47. The zero-order valence-electron chi connectivity index (χ0n) is 8.46. The fourth-order valence-electron chi connectivity index (χ4n) is 1.37. The van der Waals surface area contributed by atoms with Crippen LogP contribution in [0.15, 0.2) is 34.1 Å². The van der Waals surface area contributed by atoms with E-state index in [0.717, 1.165) is 14.9 Å². The summed E-state index contributed by atoms with van der Waals surface area (Å²) in [5.74, 6) is 0.0127. The van der Waals surface area contributed by atoms with Gasteiger partial charge in [-0.1, -0.05) is 11.6 Å². The van der Waals surface area contributed by atoms with E-state index in [-0.39, 0.29) is 5.78 Å². The third kappa shape index (κ3) is 2.37. The van der Waals surface area contributed by atoms with Gasteiger partial charge in [0.25, 0.3) is 0 Å². The normalized spacial score (nSPS) is 10.4. The van der Waals surface area contributed by atoms with E-state index in [9.17, 15) is 4.79 Å². The molecule has 82 valence electrons. The van der Waals surface area contributed by atoms with Crippen LogP contribution in [0.2, 0.25) is 5.02 Å². The van der Waals surface area contributed by atoms with E-state index in [0.29, 0.717) is 10.6 Å². The van der Waals surface area contributed by atoms with E-state index in [4.69, 9.17) is 11.6 Å². The number of benzene rings is 1. The van der Waals surface area contributed by atoms with Crippen LogP contribution in [0.3, 0.4) is 0 Å². The van der Waals surface area contributed by atoms with Gasteiger partial charge in [0, 0.05) is 25.9 Å². The second-order valence-corrected chi connectivity index (χ2v) is 5.78. The van der Waals surface area contributed by atoms with Crippen LogP contribution in [0.5, 0.6) is 0 Å². The molecule has 0 bridgehead atoms. The van der Waals surface area contributed by atoms with Crippen molar-refractivity contribution in [2.24, 2.45) is 0 Å². The second kappa shape index (κ2) is 4.70. The lowest BCUT2D eigenvalue weighted by Gasteiger charge is -2.00. The number of aryl methyl sites for hydroxylation is 1. The first-order valence-electron chi connectivity index (χ1n) is 4.63. The van der Waals surface area contributed by atoms with E-state index in [1.165, 1.54) is 0 Å². The average molecular weight is 316 g/mol. The van der Waals surface area contributed by atoms with Crippen LogP contribution < -0.4 is 0 Å². The molecule has 0 spiro atoms. The van der Waals surface area contributed by atoms with Gasteiger partial charge in [-0.15, -0.1) is 11.3 Å². The molecule has 2 rings (SSSR count). The Morgan fingerprint density at radius 2 is 2.06 bits per heavy atom. The van der Waals surface area contributed by atoms with E-state index in [1.54, 1.807) is 29.5 Å². The molecule has 1 aromatic carbocycles. The van der Waals surface area contributed by atoms with E-state index in [2.05, 4.69) is 15.9 Å². The molecule has 1 heterocycles. The van der Waals surface area contributed by atoms with Crippen LogP contribution in [0.4, 0.5) is 0 Å². The minimum atomic E-state index is 0.0127. The summed E-state index contributed by atoms with van der Waals surface area (Å²) in [7, 11) is 0. The van der Waals surface area contributed by atoms with Gasteiger partial charge in [-0.05, 0) is 47.1 Å². The molecular weight excluding hydrogens is 308 g/mol. The number of hydrogen-bond donors (Lipinski definition) is 0. The Bertz CT molecular complexity index is 548. The van der Waals surface area contributed by atoms with Crippen LogP contribution >= 0.6 is 38.9 Å². The summed E-state index contributed by atoms with van der Waals surface area (Å²) in [5.41, 5.74) is 1.34. The highest BCUT2D eigenvalue weighted by atomic mass is 79.9. The predicted octanol–water partition coefficient (Wildman–Crippen LogP) is 4.70. The number of carbonyl (C=O) groups excluding carboxylic acids is 1. The van der Waals surface area contributed by atoms with Crippen molar-refractivity contribution in [2.75, 3.05) is 0 Å². The summed E-state index contributed by atoms with van der Waals surface area (Å²) in [5, 5.41) is 2.42. The molecule has 0 amide bonds. The summed E-state index contributed by atoms with van der Waals surface area (Å²) in [4.78, 5) is 13.2. The van der Waals surface area contributed by atoms with E-state index in [1.807, 2.05) is 18.4 Å². The first kappa shape index (κ1) is 11.8. The quantitative estimate of drug-likeness (QED) is 0.734. The van der Waals surface area contributed by atoms with Gasteiger partial charge >= 0.3 is 0 Å². The van der Waals surface area contributed by atoms with Gasteiger partial charge in [0.15, 0.2) is 5.78 Å². The second-order valence-electron chi connectivity index (χ2n) is 3.40. The maximum absolute atomic E-state index is 12.1. The van der Waals surface area contributed by atoms with E-state index >= 15 is 0 Å². The molecule has 4 heteroatoms. The molecule has 1 nitrogen and oxygen atoms in total. The maximum atomic E-state index is 12.1. The minimum absolute atomic E-state index is 0.0127. The molecule has 0 saturated carbocycles. The fraction of sp³-hybridized carbons (Fsp3) is 0.0833.